The second-order valence-electron chi connectivity index (χ2n) is 6.13. The molecule has 2 aromatic heterocycles. The van der Waals surface area contributed by atoms with Crippen molar-refractivity contribution < 1.29 is 4.79 Å². The molecule has 0 radical (unpaired) electrons. The number of carbonyl (C=O) groups excluding carboxylic acids is 1. The van der Waals surface area contributed by atoms with Crippen molar-refractivity contribution in [2.45, 2.75) is 12.8 Å². The van der Waals surface area contributed by atoms with Crippen LogP contribution in [-0.2, 0) is 18.3 Å². The van der Waals surface area contributed by atoms with Crippen LogP contribution in [0.5, 0.6) is 0 Å². The molecule has 0 aliphatic carbocycles. The largest absolute Gasteiger partial charge is 0.350 e. The first-order valence-electron chi connectivity index (χ1n) is 8.37. The number of aryl methyl sites for hydroxylation is 2. The van der Waals surface area contributed by atoms with Gasteiger partial charge in [0.15, 0.2) is 0 Å². The summed E-state index contributed by atoms with van der Waals surface area (Å²) in [5.41, 5.74) is 3.93. The van der Waals surface area contributed by atoms with E-state index in [1.54, 1.807) is 11.0 Å². The predicted molar refractivity (Wildman–Crippen MR) is 99.0 cm³/mol. The number of tetrazole rings is 1. The number of amides is 1. The number of benzene rings is 2. The molecule has 1 N–H and O–H groups in total. The molecule has 0 spiro atoms. The second-order valence-corrected chi connectivity index (χ2v) is 6.13. The molecule has 1 amide bonds. The number of hydrogen-bond acceptors (Lipinski definition) is 4. The van der Waals surface area contributed by atoms with Gasteiger partial charge in [-0.15, -0.1) is 5.10 Å². The zero-order chi connectivity index (χ0) is 17.9. The quantitative estimate of drug-likeness (QED) is 0.603. The summed E-state index contributed by atoms with van der Waals surface area (Å²) in [4.78, 5) is 12.3. The number of rotatable bonds is 5. The minimum Gasteiger partial charge on any atom is -0.350 e. The van der Waals surface area contributed by atoms with Crippen LogP contribution in [0.2, 0.25) is 0 Å². The first-order valence-corrected chi connectivity index (χ1v) is 8.37. The number of aromatic nitrogens is 5. The van der Waals surface area contributed by atoms with E-state index in [9.17, 15) is 4.79 Å². The van der Waals surface area contributed by atoms with Crippen molar-refractivity contribution >= 4 is 22.5 Å². The standard InChI is InChI=1S/C19H18N6O/c1-24-12-11-16-17(3-2-4-18(16)24)21-19(26)10-7-14-5-8-15(9-6-14)25-13-20-22-23-25/h2-6,8-9,11-13H,7,10H2,1H3,(H,21,26). The molecule has 26 heavy (non-hydrogen) atoms. The highest BCUT2D eigenvalue weighted by atomic mass is 16.1. The monoisotopic (exact) mass is 346 g/mol. The molecule has 0 aliphatic rings. The first-order chi connectivity index (χ1) is 12.7. The fraction of sp³-hybridized carbons (Fsp3) is 0.158. The third-order valence-corrected chi connectivity index (χ3v) is 4.39. The summed E-state index contributed by atoms with van der Waals surface area (Å²) in [6, 6.07) is 15.8. The van der Waals surface area contributed by atoms with Crippen LogP contribution in [0.4, 0.5) is 5.69 Å². The van der Waals surface area contributed by atoms with Crippen molar-refractivity contribution in [3.8, 4) is 5.69 Å². The SMILES string of the molecule is Cn1ccc2c(NC(=O)CCc3ccc(-n4cnnn4)cc3)cccc21. The average molecular weight is 346 g/mol. The molecule has 4 rings (SSSR count). The normalized spacial score (nSPS) is 11.0. The lowest BCUT2D eigenvalue weighted by Crippen LogP contribution is -2.12. The van der Waals surface area contributed by atoms with Crippen molar-refractivity contribution in [2.24, 2.45) is 7.05 Å². The van der Waals surface area contributed by atoms with Gasteiger partial charge in [-0.2, -0.15) is 0 Å². The lowest BCUT2D eigenvalue weighted by atomic mass is 10.1. The summed E-state index contributed by atoms with van der Waals surface area (Å²) < 4.78 is 3.63. The van der Waals surface area contributed by atoms with Crippen LogP contribution in [0.3, 0.4) is 0 Å². The summed E-state index contributed by atoms with van der Waals surface area (Å²) in [6.45, 7) is 0. The van der Waals surface area contributed by atoms with E-state index in [1.807, 2.05) is 66.3 Å². The van der Waals surface area contributed by atoms with Gasteiger partial charge in [-0.25, -0.2) is 4.68 Å². The van der Waals surface area contributed by atoms with Crippen LogP contribution < -0.4 is 5.32 Å². The van der Waals surface area contributed by atoms with E-state index < -0.39 is 0 Å². The summed E-state index contributed by atoms with van der Waals surface area (Å²) in [7, 11) is 1.99. The van der Waals surface area contributed by atoms with Gasteiger partial charge >= 0.3 is 0 Å². The highest BCUT2D eigenvalue weighted by Crippen LogP contribution is 2.24. The van der Waals surface area contributed by atoms with Gasteiger partial charge in [0, 0.05) is 30.6 Å². The maximum Gasteiger partial charge on any atom is 0.224 e. The van der Waals surface area contributed by atoms with Gasteiger partial charge in [0.05, 0.1) is 11.4 Å². The Kier molecular flexibility index (Phi) is 4.18. The van der Waals surface area contributed by atoms with Crippen molar-refractivity contribution in [1.29, 1.82) is 0 Å². The van der Waals surface area contributed by atoms with Gasteiger partial charge in [-0.1, -0.05) is 18.2 Å². The Morgan fingerprint density at radius 1 is 1.12 bits per heavy atom. The molecule has 7 heteroatoms. The zero-order valence-corrected chi connectivity index (χ0v) is 14.3. The van der Waals surface area contributed by atoms with Crippen LogP contribution in [0.1, 0.15) is 12.0 Å². The molecule has 0 aliphatic heterocycles. The number of nitrogens with zero attached hydrogens (tertiary/aromatic N) is 5. The topological polar surface area (TPSA) is 77.6 Å². The van der Waals surface area contributed by atoms with Crippen molar-refractivity contribution in [3.05, 3.63) is 66.6 Å². The maximum atomic E-state index is 12.3. The van der Waals surface area contributed by atoms with Crippen LogP contribution >= 0.6 is 0 Å². The third kappa shape index (κ3) is 3.19. The van der Waals surface area contributed by atoms with Crippen molar-refractivity contribution in [1.82, 2.24) is 24.8 Å². The highest BCUT2D eigenvalue weighted by Gasteiger charge is 2.08. The Morgan fingerprint density at radius 2 is 1.96 bits per heavy atom. The van der Waals surface area contributed by atoms with E-state index in [4.69, 9.17) is 0 Å². The third-order valence-electron chi connectivity index (χ3n) is 4.39. The Morgan fingerprint density at radius 3 is 2.73 bits per heavy atom. The van der Waals surface area contributed by atoms with Crippen LogP contribution in [0.25, 0.3) is 16.6 Å². The van der Waals surface area contributed by atoms with Gasteiger partial charge in [0.1, 0.15) is 6.33 Å². The zero-order valence-electron chi connectivity index (χ0n) is 14.3. The van der Waals surface area contributed by atoms with Crippen molar-refractivity contribution in [2.75, 3.05) is 5.32 Å². The minimum atomic E-state index is 0.00547. The van der Waals surface area contributed by atoms with E-state index in [-0.39, 0.29) is 5.91 Å². The van der Waals surface area contributed by atoms with E-state index >= 15 is 0 Å². The summed E-state index contributed by atoms with van der Waals surface area (Å²) >= 11 is 0. The smallest absolute Gasteiger partial charge is 0.224 e. The minimum absolute atomic E-state index is 0.00547. The molecule has 7 nitrogen and oxygen atoms in total. The van der Waals surface area contributed by atoms with Gasteiger partial charge in [-0.3, -0.25) is 4.79 Å². The number of hydrogen-bond donors (Lipinski definition) is 1. The molecular weight excluding hydrogens is 328 g/mol. The highest BCUT2D eigenvalue weighted by molar-refractivity contribution is 6.01. The number of nitrogens with one attached hydrogen (secondary N) is 1. The molecule has 0 unspecified atom stereocenters. The first kappa shape index (κ1) is 16.0. The fourth-order valence-corrected chi connectivity index (χ4v) is 2.98. The molecule has 0 saturated carbocycles. The Balaban J connectivity index is 1.39. The molecule has 2 aromatic carbocycles. The average Bonchev–Trinajstić information content (AvgIpc) is 3.32. The predicted octanol–water partition coefficient (Wildman–Crippen LogP) is 2.73. The molecule has 2 heterocycles. The fourth-order valence-electron chi connectivity index (χ4n) is 2.98. The Bertz CT molecular complexity index is 1030. The van der Waals surface area contributed by atoms with Gasteiger partial charge in [-0.05, 0) is 52.7 Å². The van der Waals surface area contributed by atoms with Crippen molar-refractivity contribution in [3.63, 3.8) is 0 Å². The van der Waals surface area contributed by atoms with Crippen LogP contribution in [0, 0.1) is 0 Å². The lowest BCUT2D eigenvalue weighted by Gasteiger charge is -2.08. The van der Waals surface area contributed by atoms with E-state index in [1.165, 1.54) is 0 Å². The molecule has 0 bridgehead atoms. The number of carbonyl (C=O) groups is 1. The van der Waals surface area contributed by atoms with E-state index in [0.717, 1.165) is 27.8 Å². The van der Waals surface area contributed by atoms with Crippen LogP contribution in [-0.4, -0.2) is 30.7 Å². The van der Waals surface area contributed by atoms with Gasteiger partial charge in [0.2, 0.25) is 5.91 Å². The molecule has 0 atom stereocenters. The maximum absolute atomic E-state index is 12.3. The van der Waals surface area contributed by atoms with E-state index in [2.05, 4.69) is 20.8 Å². The molecule has 0 fully saturated rings. The lowest BCUT2D eigenvalue weighted by molar-refractivity contribution is -0.116. The number of anilines is 1. The molecule has 4 aromatic rings. The summed E-state index contributed by atoms with van der Waals surface area (Å²) in [6.07, 6.45) is 4.64. The van der Waals surface area contributed by atoms with E-state index in [0.29, 0.717) is 12.8 Å². The molecule has 130 valence electrons. The molecular formula is C19H18N6O. The Labute approximate surface area is 150 Å². The Hall–Kier alpha value is -3.48. The molecule has 0 saturated heterocycles. The number of fused-ring (bicyclic) bond motifs is 1. The summed E-state index contributed by atoms with van der Waals surface area (Å²) in [5.74, 6) is 0.00547. The van der Waals surface area contributed by atoms with Crippen LogP contribution in [0.15, 0.2) is 61.1 Å². The van der Waals surface area contributed by atoms with Gasteiger partial charge in [0.25, 0.3) is 0 Å². The summed E-state index contributed by atoms with van der Waals surface area (Å²) in [5, 5.41) is 15.2. The second kappa shape index (κ2) is 6.79. The van der Waals surface area contributed by atoms with Gasteiger partial charge < -0.3 is 9.88 Å².